The molecule has 0 rings (SSSR count). The van der Waals surface area contributed by atoms with Gasteiger partial charge in [-0.05, 0) is 21.1 Å². The Hall–Kier alpha value is -0.120. The van der Waals surface area contributed by atoms with Crippen molar-refractivity contribution in [1.29, 1.82) is 0 Å². The molecule has 0 aromatic carbocycles. The standard InChI is InChI=1S/C6H17N3/c1-8-6(4-7)5-9(2)3/h6,8H,4-5,7H2,1-3H3. The highest BCUT2D eigenvalue weighted by Crippen LogP contribution is 1.80. The lowest BCUT2D eigenvalue weighted by atomic mass is 10.3. The van der Waals surface area contributed by atoms with Crippen molar-refractivity contribution in [2.75, 3.05) is 34.2 Å². The molecule has 0 aromatic rings. The molecule has 0 saturated carbocycles. The van der Waals surface area contributed by atoms with Crippen LogP contribution in [-0.4, -0.2) is 45.2 Å². The highest BCUT2D eigenvalue weighted by molar-refractivity contribution is 4.66. The zero-order chi connectivity index (χ0) is 7.28. The van der Waals surface area contributed by atoms with Crippen molar-refractivity contribution < 1.29 is 0 Å². The quantitative estimate of drug-likeness (QED) is 0.519. The van der Waals surface area contributed by atoms with Crippen LogP contribution in [0.25, 0.3) is 0 Å². The van der Waals surface area contributed by atoms with Gasteiger partial charge >= 0.3 is 0 Å². The highest BCUT2D eigenvalue weighted by atomic mass is 15.1. The minimum Gasteiger partial charge on any atom is -0.329 e. The summed E-state index contributed by atoms with van der Waals surface area (Å²) in [5.74, 6) is 0. The topological polar surface area (TPSA) is 41.3 Å². The lowest BCUT2D eigenvalue weighted by Gasteiger charge is -2.18. The summed E-state index contributed by atoms with van der Waals surface area (Å²) in [7, 11) is 6.01. The number of nitrogens with zero attached hydrogens (tertiary/aromatic N) is 1. The number of hydrogen-bond donors (Lipinski definition) is 2. The van der Waals surface area contributed by atoms with Crippen molar-refractivity contribution in [1.82, 2.24) is 10.2 Å². The average molecular weight is 131 g/mol. The monoisotopic (exact) mass is 131 g/mol. The van der Waals surface area contributed by atoms with Crippen molar-refractivity contribution in [3.8, 4) is 0 Å². The van der Waals surface area contributed by atoms with E-state index >= 15 is 0 Å². The fourth-order valence-corrected chi connectivity index (χ4v) is 0.724. The van der Waals surface area contributed by atoms with Gasteiger partial charge in [-0.3, -0.25) is 0 Å². The van der Waals surface area contributed by atoms with E-state index in [1.165, 1.54) is 0 Å². The summed E-state index contributed by atoms with van der Waals surface area (Å²) in [4.78, 5) is 2.12. The molecule has 0 heterocycles. The molecule has 0 aliphatic carbocycles. The number of nitrogens with one attached hydrogen (secondary N) is 1. The second-order valence-electron chi connectivity index (χ2n) is 2.48. The molecule has 56 valence electrons. The number of nitrogens with two attached hydrogens (primary N) is 1. The number of hydrogen-bond acceptors (Lipinski definition) is 3. The van der Waals surface area contributed by atoms with Crippen molar-refractivity contribution in [2.24, 2.45) is 5.73 Å². The zero-order valence-corrected chi connectivity index (χ0v) is 6.52. The first kappa shape index (κ1) is 8.88. The van der Waals surface area contributed by atoms with Crippen LogP contribution in [0.5, 0.6) is 0 Å². The molecule has 0 bridgehead atoms. The first-order valence-corrected chi connectivity index (χ1v) is 3.22. The SMILES string of the molecule is CNC(CN)CN(C)C. The lowest BCUT2D eigenvalue weighted by Crippen LogP contribution is -2.41. The molecule has 0 aromatic heterocycles. The van der Waals surface area contributed by atoms with Gasteiger partial charge in [0.25, 0.3) is 0 Å². The van der Waals surface area contributed by atoms with E-state index in [2.05, 4.69) is 10.2 Å². The van der Waals surface area contributed by atoms with Gasteiger partial charge in [0, 0.05) is 19.1 Å². The summed E-state index contributed by atoms with van der Waals surface area (Å²) in [5.41, 5.74) is 5.44. The maximum Gasteiger partial charge on any atom is 0.0315 e. The normalized spacial score (nSPS) is 14.3. The minimum atomic E-state index is 0.431. The van der Waals surface area contributed by atoms with E-state index in [1.54, 1.807) is 0 Å². The summed E-state index contributed by atoms with van der Waals surface area (Å²) in [5, 5.41) is 3.12. The van der Waals surface area contributed by atoms with Crippen LogP contribution < -0.4 is 11.1 Å². The predicted molar refractivity (Wildman–Crippen MR) is 40.5 cm³/mol. The van der Waals surface area contributed by atoms with E-state index in [1.807, 2.05) is 21.1 Å². The minimum absolute atomic E-state index is 0.431. The predicted octanol–water partition coefficient (Wildman–Crippen LogP) is -0.905. The molecule has 1 unspecified atom stereocenters. The van der Waals surface area contributed by atoms with E-state index in [-0.39, 0.29) is 0 Å². The van der Waals surface area contributed by atoms with Gasteiger partial charge < -0.3 is 16.0 Å². The Morgan fingerprint density at radius 3 is 2.22 bits per heavy atom. The molecular weight excluding hydrogens is 114 g/mol. The van der Waals surface area contributed by atoms with E-state index in [4.69, 9.17) is 5.73 Å². The van der Waals surface area contributed by atoms with Gasteiger partial charge in [-0.2, -0.15) is 0 Å². The number of rotatable bonds is 4. The maximum atomic E-state index is 5.44. The van der Waals surface area contributed by atoms with Crippen molar-refractivity contribution >= 4 is 0 Å². The van der Waals surface area contributed by atoms with E-state index in [0.29, 0.717) is 12.6 Å². The first-order chi connectivity index (χ1) is 4.20. The Balaban J connectivity index is 3.31. The molecule has 3 N–H and O–H groups in total. The van der Waals surface area contributed by atoms with E-state index in [9.17, 15) is 0 Å². The van der Waals surface area contributed by atoms with Crippen LogP contribution >= 0.6 is 0 Å². The third-order valence-corrected chi connectivity index (χ3v) is 1.28. The second kappa shape index (κ2) is 4.73. The van der Waals surface area contributed by atoms with Gasteiger partial charge in [-0.25, -0.2) is 0 Å². The number of likely N-dealkylation sites (N-methyl/N-ethyl adjacent to an activating group) is 2. The summed E-state index contributed by atoms with van der Waals surface area (Å²) in [6, 6.07) is 0.431. The summed E-state index contributed by atoms with van der Waals surface area (Å²) < 4.78 is 0. The smallest absolute Gasteiger partial charge is 0.0315 e. The Morgan fingerprint density at radius 2 is 2.11 bits per heavy atom. The molecule has 0 amide bonds. The summed E-state index contributed by atoms with van der Waals surface area (Å²) >= 11 is 0. The largest absolute Gasteiger partial charge is 0.329 e. The molecule has 0 saturated heterocycles. The Labute approximate surface area is 57.2 Å². The summed E-state index contributed by atoms with van der Waals surface area (Å²) in [6.07, 6.45) is 0. The van der Waals surface area contributed by atoms with Gasteiger partial charge in [0.15, 0.2) is 0 Å². The summed E-state index contributed by atoms with van der Waals surface area (Å²) in [6.45, 7) is 1.71. The molecule has 3 nitrogen and oxygen atoms in total. The second-order valence-corrected chi connectivity index (χ2v) is 2.48. The van der Waals surface area contributed by atoms with Crippen molar-refractivity contribution in [3.63, 3.8) is 0 Å². The molecule has 0 fully saturated rings. The third kappa shape index (κ3) is 4.39. The van der Waals surface area contributed by atoms with Crippen LogP contribution in [0.4, 0.5) is 0 Å². The van der Waals surface area contributed by atoms with Crippen molar-refractivity contribution in [3.05, 3.63) is 0 Å². The molecule has 1 atom stereocenters. The van der Waals surface area contributed by atoms with Gasteiger partial charge in [-0.1, -0.05) is 0 Å². The molecule has 0 radical (unpaired) electrons. The highest BCUT2D eigenvalue weighted by Gasteiger charge is 2.02. The zero-order valence-electron chi connectivity index (χ0n) is 6.52. The average Bonchev–Trinajstić information content (AvgIpc) is 1.82. The van der Waals surface area contributed by atoms with Gasteiger partial charge in [0.2, 0.25) is 0 Å². The van der Waals surface area contributed by atoms with Gasteiger partial charge in [0.1, 0.15) is 0 Å². The maximum absolute atomic E-state index is 5.44. The van der Waals surface area contributed by atoms with Crippen molar-refractivity contribution in [2.45, 2.75) is 6.04 Å². The molecule has 3 heteroatoms. The first-order valence-electron chi connectivity index (χ1n) is 3.22. The Kier molecular flexibility index (Phi) is 4.67. The molecular formula is C6H17N3. The van der Waals surface area contributed by atoms with Gasteiger partial charge in [0.05, 0.1) is 0 Å². The van der Waals surface area contributed by atoms with Crippen LogP contribution in [0.15, 0.2) is 0 Å². The molecule has 0 aliphatic heterocycles. The fourth-order valence-electron chi connectivity index (χ4n) is 0.724. The lowest BCUT2D eigenvalue weighted by molar-refractivity contribution is 0.351. The fraction of sp³-hybridized carbons (Fsp3) is 1.00. The van der Waals surface area contributed by atoms with Crippen LogP contribution in [0, 0.1) is 0 Å². The Bertz CT molecular complexity index is 59.3. The molecule has 9 heavy (non-hydrogen) atoms. The molecule has 0 aliphatic rings. The van der Waals surface area contributed by atoms with E-state index in [0.717, 1.165) is 6.54 Å². The third-order valence-electron chi connectivity index (χ3n) is 1.28. The molecule has 0 spiro atoms. The van der Waals surface area contributed by atoms with Gasteiger partial charge in [-0.15, -0.1) is 0 Å². The van der Waals surface area contributed by atoms with Crippen LogP contribution in [0.3, 0.4) is 0 Å². The van der Waals surface area contributed by atoms with Crippen LogP contribution in [0.2, 0.25) is 0 Å². The van der Waals surface area contributed by atoms with Crippen LogP contribution in [-0.2, 0) is 0 Å². The van der Waals surface area contributed by atoms with E-state index < -0.39 is 0 Å². The van der Waals surface area contributed by atoms with Crippen LogP contribution in [0.1, 0.15) is 0 Å². The Morgan fingerprint density at radius 1 is 1.56 bits per heavy atom.